The molecule has 0 N–H and O–H groups in total. The largest absolute Gasteiger partial charge is 0.451 e. The number of amides is 1. The third kappa shape index (κ3) is 4.04. The monoisotopic (exact) mass is 332 g/mol. The topological polar surface area (TPSA) is 85.3 Å². The van der Waals surface area contributed by atoms with Crippen molar-refractivity contribution in [2.24, 2.45) is 0 Å². The number of thiazole rings is 1. The summed E-state index contributed by atoms with van der Waals surface area (Å²) in [5.74, 6) is 0.0313. The van der Waals surface area contributed by atoms with Crippen LogP contribution in [-0.4, -0.2) is 25.8 Å². The van der Waals surface area contributed by atoms with Gasteiger partial charge in [0.2, 0.25) is 5.91 Å². The number of rotatable bonds is 7. The highest BCUT2D eigenvalue weighted by atomic mass is 32.1. The average molecular weight is 332 g/mol. The van der Waals surface area contributed by atoms with Crippen molar-refractivity contribution < 1.29 is 13.6 Å². The molecule has 0 atom stereocenters. The Balaban J connectivity index is 1.66. The normalized spacial score (nSPS) is 10.8. The van der Waals surface area contributed by atoms with Gasteiger partial charge in [-0.05, 0) is 13.3 Å². The lowest BCUT2D eigenvalue weighted by molar-refractivity contribution is -0.132. The fourth-order valence-electron chi connectivity index (χ4n) is 2.20. The Hall–Kier alpha value is -2.48. The minimum atomic E-state index is 0.0313. The summed E-state index contributed by atoms with van der Waals surface area (Å²) in [6.07, 6.45) is 6.89. The minimum Gasteiger partial charge on any atom is -0.451 e. The van der Waals surface area contributed by atoms with Crippen molar-refractivity contribution in [2.75, 3.05) is 0 Å². The Labute approximate surface area is 137 Å². The highest BCUT2D eigenvalue weighted by molar-refractivity contribution is 7.09. The molecule has 0 aromatic carbocycles. The Bertz CT molecular complexity index is 700. The number of nitrogens with zero attached hydrogens (tertiary/aromatic N) is 4. The van der Waals surface area contributed by atoms with E-state index >= 15 is 0 Å². The highest BCUT2D eigenvalue weighted by Crippen LogP contribution is 2.16. The molecule has 8 heteroatoms. The summed E-state index contributed by atoms with van der Waals surface area (Å²) in [7, 11) is 0. The van der Waals surface area contributed by atoms with Gasteiger partial charge in [-0.2, -0.15) is 0 Å². The van der Waals surface area contributed by atoms with Crippen molar-refractivity contribution in [2.45, 2.75) is 32.9 Å². The van der Waals surface area contributed by atoms with E-state index in [-0.39, 0.29) is 5.91 Å². The van der Waals surface area contributed by atoms with E-state index in [9.17, 15) is 4.79 Å². The Morgan fingerprint density at radius 2 is 1.78 bits per heavy atom. The first-order valence-corrected chi connectivity index (χ1v) is 8.01. The van der Waals surface area contributed by atoms with Crippen LogP contribution in [0.5, 0.6) is 0 Å². The van der Waals surface area contributed by atoms with Crippen LogP contribution in [0.25, 0.3) is 0 Å². The van der Waals surface area contributed by atoms with E-state index in [0.29, 0.717) is 37.3 Å². The molecule has 0 aliphatic heterocycles. The van der Waals surface area contributed by atoms with Crippen molar-refractivity contribution in [3.8, 4) is 0 Å². The maximum atomic E-state index is 12.6. The van der Waals surface area contributed by atoms with Gasteiger partial charge in [0.25, 0.3) is 0 Å². The van der Waals surface area contributed by atoms with Crippen LogP contribution in [0.15, 0.2) is 39.7 Å². The molecule has 3 aromatic heterocycles. The third-order valence-electron chi connectivity index (χ3n) is 3.44. The van der Waals surface area contributed by atoms with Gasteiger partial charge in [-0.25, -0.2) is 15.0 Å². The zero-order chi connectivity index (χ0) is 16.1. The molecule has 0 aliphatic rings. The van der Waals surface area contributed by atoms with E-state index in [1.165, 1.54) is 25.3 Å². The Morgan fingerprint density at radius 1 is 1.13 bits per heavy atom. The fourth-order valence-corrected chi connectivity index (χ4v) is 2.98. The fraction of sp³-hybridized carbons (Fsp3) is 0.333. The lowest BCUT2D eigenvalue weighted by atomic mass is 10.2. The van der Waals surface area contributed by atoms with Crippen LogP contribution in [0.3, 0.4) is 0 Å². The maximum Gasteiger partial charge on any atom is 0.223 e. The second kappa shape index (κ2) is 7.19. The van der Waals surface area contributed by atoms with Crippen LogP contribution in [-0.2, 0) is 24.3 Å². The minimum absolute atomic E-state index is 0.0313. The summed E-state index contributed by atoms with van der Waals surface area (Å²) in [4.78, 5) is 27.8. The molecule has 0 fully saturated rings. The first kappa shape index (κ1) is 15.4. The molecule has 0 unspecified atom stereocenters. The molecule has 0 bridgehead atoms. The summed E-state index contributed by atoms with van der Waals surface area (Å²) in [5, 5.41) is 0. The molecule has 23 heavy (non-hydrogen) atoms. The van der Waals surface area contributed by atoms with Gasteiger partial charge in [0.1, 0.15) is 12.5 Å². The van der Waals surface area contributed by atoms with E-state index < -0.39 is 0 Å². The first-order valence-electron chi connectivity index (χ1n) is 7.13. The summed E-state index contributed by atoms with van der Waals surface area (Å²) < 4.78 is 9.95. The second-order valence-electron chi connectivity index (χ2n) is 5.07. The van der Waals surface area contributed by atoms with E-state index in [4.69, 9.17) is 8.83 Å². The van der Waals surface area contributed by atoms with E-state index in [0.717, 1.165) is 10.6 Å². The van der Waals surface area contributed by atoms with Gasteiger partial charge in [0.15, 0.2) is 12.8 Å². The zero-order valence-corrected chi connectivity index (χ0v) is 13.5. The molecule has 3 aromatic rings. The van der Waals surface area contributed by atoms with Crippen LogP contribution < -0.4 is 0 Å². The molecule has 3 rings (SSSR count). The number of aromatic nitrogens is 3. The van der Waals surface area contributed by atoms with Crippen LogP contribution in [0.1, 0.15) is 28.4 Å². The van der Waals surface area contributed by atoms with Crippen molar-refractivity contribution >= 4 is 17.2 Å². The van der Waals surface area contributed by atoms with Gasteiger partial charge in [-0.1, -0.05) is 0 Å². The van der Waals surface area contributed by atoms with E-state index in [1.807, 2.05) is 6.92 Å². The van der Waals surface area contributed by atoms with Crippen molar-refractivity contribution in [1.82, 2.24) is 19.9 Å². The quantitative estimate of drug-likeness (QED) is 0.661. The number of hydrogen-bond acceptors (Lipinski definition) is 7. The highest BCUT2D eigenvalue weighted by Gasteiger charge is 2.17. The van der Waals surface area contributed by atoms with Gasteiger partial charge in [0.05, 0.1) is 35.7 Å². The number of hydrogen-bond donors (Lipinski definition) is 0. The Kier molecular flexibility index (Phi) is 4.82. The molecule has 7 nitrogen and oxygen atoms in total. The van der Waals surface area contributed by atoms with Gasteiger partial charge < -0.3 is 13.7 Å². The van der Waals surface area contributed by atoms with Crippen LogP contribution in [0.4, 0.5) is 0 Å². The van der Waals surface area contributed by atoms with Crippen molar-refractivity contribution in [3.05, 3.63) is 52.8 Å². The van der Waals surface area contributed by atoms with Gasteiger partial charge >= 0.3 is 0 Å². The summed E-state index contributed by atoms with van der Waals surface area (Å²) in [6.45, 7) is 2.71. The molecule has 0 saturated carbocycles. The summed E-state index contributed by atoms with van der Waals surface area (Å²) in [5.41, 5.74) is 4.20. The molecule has 3 heterocycles. The molecular formula is C15H16N4O3S. The third-order valence-corrected chi connectivity index (χ3v) is 4.43. The molecule has 0 spiro atoms. The number of oxazole rings is 2. The number of carbonyl (C=O) groups is 1. The number of carbonyl (C=O) groups excluding carboxylic acids is 1. The van der Waals surface area contributed by atoms with Crippen molar-refractivity contribution in [1.29, 1.82) is 0 Å². The van der Waals surface area contributed by atoms with Crippen LogP contribution in [0, 0.1) is 6.92 Å². The predicted octanol–water partition coefficient (Wildman–Crippen LogP) is 2.59. The molecule has 0 radical (unpaired) electrons. The first-order chi connectivity index (χ1) is 11.2. The summed E-state index contributed by atoms with van der Waals surface area (Å²) in [6, 6.07) is 0. The van der Waals surface area contributed by atoms with Crippen LogP contribution in [0.2, 0.25) is 0 Å². The second-order valence-corrected chi connectivity index (χ2v) is 6.01. The lowest BCUT2D eigenvalue weighted by Gasteiger charge is -2.20. The SMILES string of the molecule is Cc1ncsc1CCC(=O)N(Cc1cocn1)Cc1cocn1. The van der Waals surface area contributed by atoms with Crippen molar-refractivity contribution in [3.63, 3.8) is 0 Å². The lowest BCUT2D eigenvalue weighted by Crippen LogP contribution is -2.30. The molecule has 1 amide bonds. The average Bonchev–Trinajstić information content (AvgIpc) is 3.27. The standard InChI is InChI=1S/C15H16N4O3S/c1-11-14(23-10-18-11)2-3-15(20)19(4-12-6-21-8-16-12)5-13-7-22-9-17-13/h6-10H,2-5H2,1H3. The smallest absolute Gasteiger partial charge is 0.223 e. The van der Waals surface area contributed by atoms with Crippen LogP contribution >= 0.6 is 11.3 Å². The van der Waals surface area contributed by atoms with E-state index in [2.05, 4.69) is 15.0 Å². The van der Waals surface area contributed by atoms with Gasteiger partial charge in [0, 0.05) is 11.3 Å². The van der Waals surface area contributed by atoms with Gasteiger partial charge in [-0.15, -0.1) is 11.3 Å². The van der Waals surface area contributed by atoms with Gasteiger partial charge in [-0.3, -0.25) is 4.79 Å². The number of aryl methyl sites for hydroxylation is 2. The summed E-state index contributed by atoms with van der Waals surface area (Å²) >= 11 is 1.58. The zero-order valence-electron chi connectivity index (χ0n) is 12.6. The predicted molar refractivity (Wildman–Crippen MR) is 82.4 cm³/mol. The maximum absolute atomic E-state index is 12.6. The Morgan fingerprint density at radius 3 is 2.26 bits per heavy atom. The van der Waals surface area contributed by atoms with E-state index in [1.54, 1.807) is 21.7 Å². The molecule has 0 saturated heterocycles. The molecular weight excluding hydrogens is 316 g/mol. The molecule has 0 aliphatic carbocycles. The molecule has 120 valence electrons.